The Morgan fingerprint density at radius 2 is 1.69 bits per heavy atom. The summed E-state index contributed by atoms with van der Waals surface area (Å²) < 4.78 is 34.1. The number of hydrogen-bond acceptors (Lipinski definition) is 4. The highest BCUT2D eigenvalue weighted by Crippen LogP contribution is 2.39. The number of nitrogens with one attached hydrogen (secondary N) is 1. The number of fused-ring (bicyclic) bond motifs is 1. The monoisotopic (exact) mass is 470 g/mol. The second kappa shape index (κ2) is 8.48. The van der Waals surface area contributed by atoms with Crippen LogP contribution in [0.2, 0.25) is 5.02 Å². The fourth-order valence-electron chi connectivity index (χ4n) is 3.64. The molecule has 1 aliphatic rings. The third kappa shape index (κ3) is 4.18. The van der Waals surface area contributed by atoms with E-state index in [0.29, 0.717) is 16.4 Å². The van der Waals surface area contributed by atoms with Crippen LogP contribution in [0.3, 0.4) is 0 Å². The van der Waals surface area contributed by atoms with Crippen molar-refractivity contribution in [1.82, 2.24) is 0 Å². The minimum atomic E-state index is -3.95. The number of sulfonamides is 1. The number of carbonyl (C=O) groups is 1. The van der Waals surface area contributed by atoms with Crippen molar-refractivity contribution in [3.05, 3.63) is 82.4 Å². The van der Waals surface area contributed by atoms with E-state index in [2.05, 4.69) is 5.32 Å². The first-order chi connectivity index (χ1) is 15.2. The van der Waals surface area contributed by atoms with Gasteiger partial charge in [-0.15, -0.1) is 0 Å². The van der Waals surface area contributed by atoms with E-state index in [9.17, 15) is 13.2 Å². The van der Waals surface area contributed by atoms with Crippen molar-refractivity contribution in [2.45, 2.75) is 31.8 Å². The second-order valence-corrected chi connectivity index (χ2v) is 10.1. The van der Waals surface area contributed by atoms with E-state index < -0.39 is 22.0 Å². The molecule has 0 bridgehead atoms. The molecule has 1 amide bonds. The number of amides is 1. The van der Waals surface area contributed by atoms with Crippen molar-refractivity contribution < 1.29 is 17.9 Å². The summed E-state index contributed by atoms with van der Waals surface area (Å²) in [5.74, 6) is -0.148. The molecule has 6 nitrogen and oxygen atoms in total. The molecule has 1 aliphatic heterocycles. The standard InChI is InChI=1S/C24H23ClN2O4S/c1-15-7-10-19(11-8-15)32(29,30)27-14-22(31-21-12-9-18(25)13-20(21)27)24(28)26-23-16(2)5-4-6-17(23)3/h4-13,22H,14H2,1-3H3,(H,26,28)/t22-/m1/s1. The molecule has 1 heterocycles. The molecule has 0 aromatic heterocycles. The van der Waals surface area contributed by atoms with E-state index in [0.717, 1.165) is 16.7 Å². The molecule has 8 heteroatoms. The Morgan fingerprint density at radius 1 is 1.03 bits per heavy atom. The van der Waals surface area contributed by atoms with Gasteiger partial charge in [0.25, 0.3) is 15.9 Å². The fraction of sp³-hybridized carbons (Fsp3) is 0.208. The first-order valence-corrected chi connectivity index (χ1v) is 11.9. The smallest absolute Gasteiger partial charge is 0.267 e. The summed E-state index contributed by atoms with van der Waals surface area (Å²) >= 11 is 6.14. The molecule has 32 heavy (non-hydrogen) atoms. The van der Waals surface area contributed by atoms with Crippen molar-refractivity contribution in [3.8, 4) is 5.75 Å². The molecule has 0 aliphatic carbocycles. The number of ether oxygens (including phenoxy) is 1. The van der Waals surface area contributed by atoms with Gasteiger partial charge >= 0.3 is 0 Å². The molecule has 4 rings (SSSR count). The molecule has 0 unspecified atom stereocenters. The van der Waals surface area contributed by atoms with Gasteiger partial charge in [-0.1, -0.05) is 47.5 Å². The van der Waals surface area contributed by atoms with Crippen LogP contribution in [-0.4, -0.2) is 27.0 Å². The quantitative estimate of drug-likeness (QED) is 0.590. The van der Waals surface area contributed by atoms with Gasteiger partial charge in [-0.2, -0.15) is 0 Å². The minimum Gasteiger partial charge on any atom is -0.476 e. The molecule has 0 radical (unpaired) electrons. The lowest BCUT2D eigenvalue weighted by molar-refractivity contribution is -0.122. The number of aryl methyl sites for hydroxylation is 3. The van der Waals surface area contributed by atoms with Crippen LogP contribution < -0.4 is 14.4 Å². The zero-order valence-corrected chi connectivity index (χ0v) is 19.5. The number of anilines is 2. The zero-order chi connectivity index (χ0) is 23.0. The maximum absolute atomic E-state index is 13.5. The van der Waals surface area contributed by atoms with E-state index in [-0.39, 0.29) is 17.2 Å². The highest BCUT2D eigenvalue weighted by molar-refractivity contribution is 7.92. The van der Waals surface area contributed by atoms with Crippen molar-refractivity contribution >= 4 is 38.9 Å². The Labute approximate surface area is 192 Å². The molecule has 0 spiro atoms. The normalized spacial score (nSPS) is 15.6. The summed E-state index contributed by atoms with van der Waals surface area (Å²) in [6.07, 6.45) is -1.04. The van der Waals surface area contributed by atoms with Crippen molar-refractivity contribution in [1.29, 1.82) is 0 Å². The zero-order valence-electron chi connectivity index (χ0n) is 17.9. The summed E-state index contributed by atoms with van der Waals surface area (Å²) in [4.78, 5) is 13.2. The summed E-state index contributed by atoms with van der Waals surface area (Å²) in [7, 11) is -3.95. The van der Waals surface area contributed by atoms with Crippen LogP contribution in [0.25, 0.3) is 0 Å². The van der Waals surface area contributed by atoms with Gasteiger partial charge in [-0.05, 0) is 62.2 Å². The molecule has 1 N–H and O–H groups in total. The molecule has 0 fully saturated rings. The van der Waals surface area contributed by atoms with Crippen LogP contribution in [0.15, 0.2) is 65.6 Å². The van der Waals surface area contributed by atoms with Crippen LogP contribution >= 0.6 is 11.6 Å². The number of rotatable bonds is 4. The molecule has 1 atom stereocenters. The summed E-state index contributed by atoms with van der Waals surface area (Å²) in [6.45, 7) is 5.50. The number of hydrogen-bond donors (Lipinski definition) is 1. The number of benzene rings is 3. The predicted molar refractivity (Wildman–Crippen MR) is 126 cm³/mol. The average Bonchev–Trinajstić information content (AvgIpc) is 2.75. The molecule has 3 aromatic carbocycles. The molecular weight excluding hydrogens is 448 g/mol. The molecular formula is C24H23ClN2O4S. The van der Waals surface area contributed by atoms with Crippen molar-refractivity contribution in [2.75, 3.05) is 16.2 Å². The highest BCUT2D eigenvalue weighted by Gasteiger charge is 2.38. The van der Waals surface area contributed by atoms with Crippen molar-refractivity contribution in [2.24, 2.45) is 0 Å². The van der Waals surface area contributed by atoms with Gasteiger partial charge in [0.2, 0.25) is 0 Å². The SMILES string of the molecule is Cc1ccc(S(=O)(=O)N2C[C@H](C(=O)Nc3c(C)cccc3C)Oc3ccc(Cl)cc32)cc1. The number of nitrogens with zero attached hydrogens (tertiary/aromatic N) is 1. The van der Waals surface area contributed by atoms with Gasteiger partial charge in [0.15, 0.2) is 6.10 Å². The van der Waals surface area contributed by atoms with Gasteiger partial charge < -0.3 is 10.1 Å². The maximum Gasteiger partial charge on any atom is 0.267 e. The Morgan fingerprint density at radius 3 is 2.34 bits per heavy atom. The van der Waals surface area contributed by atoms with Gasteiger partial charge in [0.1, 0.15) is 5.75 Å². The number of carbonyl (C=O) groups excluding carboxylic acids is 1. The fourth-order valence-corrected chi connectivity index (χ4v) is 5.28. The molecule has 3 aromatic rings. The number of para-hydroxylation sites is 1. The Bertz CT molecular complexity index is 1270. The van der Waals surface area contributed by atoms with Gasteiger partial charge in [-0.3, -0.25) is 9.10 Å². The molecule has 166 valence electrons. The minimum absolute atomic E-state index is 0.129. The third-order valence-corrected chi connectivity index (χ3v) is 7.45. The van der Waals surface area contributed by atoms with E-state index in [1.807, 2.05) is 39.0 Å². The van der Waals surface area contributed by atoms with Crippen LogP contribution in [0.5, 0.6) is 5.75 Å². The first-order valence-electron chi connectivity index (χ1n) is 10.1. The van der Waals surface area contributed by atoms with Gasteiger partial charge in [0, 0.05) is 10.7 Å². The maximum atomic E-state index is 13.5. The lowest BCUT2D eigenvalue weighted by Gasteiger charge is -2.35. The van der Waals surface area contributed by atoms with E-state index in [1.165, 1.54) is 10.4 Å². The van der Waals surface area contributed by atoms with Gasteiger partial charge in [-0.25, -0.2) is 8.42 Å². The third-order valence-electron chi connectivity index (χ3n) is 5.42. The van der Waals surface area contributed by atoms with E-state index >= 15 is 0 Å². The highest BCUT2D eigenvalue weighted by atomic mass is 35.5. The molecule has 0 saturated heterocycles. The van der Waals surface area contributed by atoms with E-state index in [1.54, 1.807) is 36.4 Å². The first kappa shape index (κ1) is 22.2. The second-order valence-electron chi connectivity index (χ2n) is 7.82. The number of halogens is 1. The van der Waals surface area contributed by atoms with Crippen molar-refractivity contribution in [3.63, 3.8) is 0 Å². The predicted octanol–water partition coefficient (Wildman–Crippen LogP) is 4.86. The Balaban J connectivity index is 1.71. The Hall–Kier alpha value is -3.03. The van der Waals surface area contributed by atoms with Crippen LogP contribution in [0, 0.1) is 20.8 Å². The largest absolute Gasteiger partial charge is 0.476 e. The molecule has 0 saturated carbocycles. The van der Waals surface area contributed by atoms with Crippen LogP contribution in [0.1, 0.15) is 16.7 Å². The van der Waals surface area contributed by atoms with Gasteiger partial charge in [0.05, 0.1) is 17.1 Å². The topological polar surface area (TPSA) is 75.7 Å². The van der Waals surface area contributed by atoms with Crippen LogP contribution in [-0.2, 0) is 14.8 Å². The summed E-state index contributed by atoms with van der Waals surface area (Å²) in [5, 5.41) is 3.27. The summed E-state index contributed by atoms with van der Waals surface area (Å²) in [6, 6.07) is 17.0. The lowest BCUT2D eigenvalue weighted by atomic mass is 10.1. The lowest BCUT2D eigenvalue weighted by Crippen LogP contribution is -2.49. The Kier molecular flexibility index (Phi) is 5.88. The summed E-state index contributed by atoms with van der Waals surface area (Å²) in [5.41, 5.74) is 3.75. The average molecular weight is 471 g/mol. The van der Waals surface area contributed by atoms with Crippen LogP contribution in [0.4, 0.5) is 11.4 Å². The van der Waals surface area contributed by atoms with E-state index in [4.69, 9.17) is 16.3 Å².